The van der Waals surface area contributed by atoms with Crippen molar-refractivity contribution in [2.45, 2.75) is 11.4 Å². The van der Waals surface area contributed by atoms with Gasteiger partial charge < -0.3 is 10.3 Å². The Bertz CT molecular complexity index is 990. The lowest BCUT2D eigenvalue weighted by Gasteiger charge is -2.26. The average Bonchev–Trinajstić information content (AvgIpc) is 3.12. The number of sulfonamides is 1. The number of anilines is 1. The number of fused-ring (bicyclic) bond motifs is 1. The second-order valence-electron chi connectivity index (χ2n) is 5.89. The summed E-state index contributed by atoms with van der Waals surface area (Å²) in [7, 11) is -3.71. The highest BCUT2D eigenvalue weighted by Crippen LogP contribution is 2.29. The largest absolute Gasteiger partial charge is 0.358 e. The van der Waals surface area contributed by atoms with E-state index in [1.165, 1.54) is 6.20 Å². The summed E-state index contributed by atoms with van der Waals surface area (Å²) in [5.74, 6) is 0.503. The van der Waals surface area contributed by atoms with Gasteiger partial charge >= 0.3 is 0 Å². The van der Waals surface area contributed by atoms with E-state index in [1.807, 2.05) is 6.07 Å². The second kappa shape index (κ2) is 5.80. The first-order valence-corrected chi connectivity index (χ1v) is 9.40. The van der Waals surface area contributed by atoms with E-state index in [1.54, 1.807) is 29.2 Å². The monoisotopic (exact) mass is 365 g/mol. The van der Waals surface area contributed by atoms with E-state index in [0.717, 1.165) is 18.5 Å². The van der Waals surface area contributed by atoms with Crippen LogP contribution in [0.1, 0.15) is 0 Å². The van der Waals surface area contributed by atoms with Crippen LogP contribution in [0.25, 0.3) is 10.9 Å². The molecule has 4 rings (SSSR count). The molecule has 0 saturated carbocycles. The molecule has 0 atom stereocenters. The van der Waals surface area contributed by atoms with E-state index < -0.39 is 10.0 Å². The smallest absolute Gasteiger partial charge is 0.265 e. The minimum atomic E-state index is -3.71. The molecule has 1 aromatic carbocycles. The topological polar surface area (TPSA) is 91.8 Å². The van der Waals surface area contributed by atoms with Crippen LogP contribution in [-0.4, -0.2) is 36.3 Å². The minimum Gasteiger partial charge on any atom is -0.358 e. The summed E-state index contributed by atoms with van der Waals surface area (Å²) in [6.07, 6.45) is 4.56. The molecule has 2 aromatic heterocycles. The lowest BCUT2D eigenvalue weighted by Crippen LogP contribution is -2.44. The van der Waals surface area contributed by atoms with Crippen LogP contribution in [0.5, 0.6) is 0 Å². The summed E-state index contributed by atoms with van der Waals surface area (Å²) in [5.41, 5.74) is 1.11. The van der Waals surface area contributed by atoms with Crippen molar-refractivity contribution in [1.29, 1.82) is 0 Å². The van der Waals surface area contributed by atoms with E-state index in [0.29, 0.717) is 28.7 Å². The van der Waals surface area contributed by atoms with Crippen LogP contribution >= 0.6 is 11.6 Å². The Morgan fingerprint density at radius 1 is 1.38 bits per heavy atom. The quantitative estimate of drug-likeness (QED) is 0.645. The number of nitrogens with one attached hydrogen (secondary N) is 3. The molecule has 1 aliphatic heterocycles. The molecule has 0 amide bonds. The fourth-order valence-electron chi connectivity index (χ4n) is 2.73. The number of aromatic amines is 1. The van der Waals surface area contributed by atoms with Crippen molar-refractivity contribution >= 4 is 38.2 Å². The van der Waals surface area contributed by atoms with Gasteiger partial charge in [0, 0.05) is 43.3 Å². The number of benzene rings is 1. The fourth-order valence-corrected chi connectivity index (χ4v) is 3.97. The number of rotatable bonds is 5. The third-order valence-corrected chi connectivity index (χ3v) is 5.77. The SMILES string of the molecule is O=S(=O)(Nc1cccc2c(Cl)c[nH]c12)c1cnn(CC2CNC2)c1. The van der Waals surface area contributed by atoms with Crippen molar-refractivity contribution in [1.82, 2.24) is 20.1 Å². The number of H-pyrrole nitrogens is 1. The summed E-state index contributed by atoms with van der Waals surface area (Å²) >= 11 is 6.08. The maximum Gasteiger partial charge on any atom is 0.265 e. The summed E-state index contributed by atoms with van der Waals surface area (Å²) in [4.78, 5) is 3.13. The van der Waals surface area contributed by atoms with Gasteiger partial charge in [-0.25, -0.2) is 8.42 Å². The zero-order valence-electron chi connectivity index (χ0n) is 12.7. The van der Waals surface area contributed by atoms with Gasteiger partial charge in [-0.2, -0.15) is 5.10 Å². The predicted octanol–water partition coefficient (Wildman–Crippen LogP) is 2.04. The molecule has 1 saturated heterocycles. The maximum absolute atomic E-state index is 12.6. The van der Waals surface area contributed by atoms with E-state index in [9.17, 15) is 8.42 Å². The van der Waals surface area contributed by atoms with Gasteiger partial charge in [-0.1, -0.05) is 23.7 Å². The van der Waals surface area contributed by atoms with E-state index >= 15 is 0 Å². The first kappa shape index (κ1) is 15.5. The molecule has 3 heterocycles. The second-order valence-corrected chi connectivity index (χ2v) is 7.98. The summed E-state index contributed by atoms with van der Waals surface area (Å²) < 4.78 is 29.5. The lowest BCUT2D eigenvalue weighted by molar-refractivity contribution is 0.295. The molecule has 0 aliphatic carbocycles. The number of aromatic nitrogens is 3. The first-order chi connectivity index (χ1) is 11.5. The van der Waals surface area contributed by atoms with Crippen molar-refractivity contribution in [3.8, 4) is 0 Å². The molecule has 0 unspecified atom stereocenters. The Morgan fingerprint density at radius 2 is 2.21 bits per heavy atom. The Labute approximate surface area is 144 Å². The number of hydrogen-bond acceptors (Lipinski definition) is 4. The van der Waals surface area contributed by atoms with Gasteiger partial charge in [0.2, 0.25) is 0 Å². The molecule has 24 heavy (non-hydrogen) atoms. The van der Waals surface area contributed by atoms with Crippen molar-refractivity contribution in [3.05, 3.63) is 41.8 Å². The number of para-hydroxylation sites is 1. The maximum atomic E-state index is 12.6. The molecule has 3 N–H and O–H groups in total. The van der Waals surface area contributed by atoms with Crippen molar-refractivity contribution in [2.24, 2.45) is 5.92 Å². The molecular formula is C15H16ClN5O2S. The van der Waals surface area contributed by atoms with Gasteiger partial charge in [0.05, 0.1) is 22.4 Å². The highest BCUT2D eigenvalue weighted by Gasteiger charge is 2.21. The molecule has 3 aromatic rings. The van der Waals surface area contributed by atoms with Crippen LogP contribution in [-0.2, 0) is 16.6 Å². The molecule has 0 spiro atoms. The van der Waals surface area contributed by atoms with Gasteiger partial charge in [0.1, 0.15) is 4.90 Å². The van der Waals surface area contributed by atoms with Crippen molar-refractivity contribution in [2.75, 3.05) is 17.8 Å². The summed E-state index contributed by atoms with van der Waals surface area (Å²) in [5, 5.41) is 8.65. The Hall–Kier alpha value is -2.03. The van der Waals surface area contributed by atoms with E-state index in [-0.39, 0.29) is 4.90 Å². The first-order valence-electron chi connectivity index (χ1n) is 7.54. The minimum absolute atomic E-state index is 0.143. The third kappa shape index (κ3) is 2.77. The van der Waals surface area contributed by atoms with Gasteiger partial charge in [-0.3, -0.25) is 9.40 Å². The van der Waals surface area contributed by atoms with Gasteiger partial charge in [-0.05, 0) is 6.07 Å². The number of nitrogens with zero attached hydrogens (tertiary/aromatic N) is 2. The van der Waals surface area contributed by atoms with Crippen molar-refractivity contribution in [3.63, 3.8) is 0 Å². The summed E-state index contributed by atoms with van der Waals surface area (Å²) in [6, 6.07) is 5.28. The Morgan fingerprint density at radius 3 is 2.96 bits per heavy atom. The lowest BCUT2D eigenvalue weighted by atomic mass is 10.0. The molecule has 126 valence electrons. The van der Waals surface area contributed by atoms with Crippen molar-refractivity contribution < 1.29 is 8.42 Å². The van der Waals surface area contributed by atoms with Crippen LogP contribution in [0.2, 0.25) is 5.02 Å². The Balaban J connectivity index is 1.60. The zero-order valence-corrected chi connectivity index (χ0v) is 14.2. The highest BCUT2D eigenvalue weighted by atomic mass is 35.5. The van der Waals surface area contributed by atoms with Gasteiger partial charge in [0.25, 0.3) is 10.0 Å². The van der Waals surface area contributed by atoms with E-state index in [2.05, 4.69) is 20.1 Å². The molecule has 1 aliphatic rings. The van der Waals surface area contributed by atoms with Gasteiger partial charge in [-0.15, -0.1) is 0 Å². The predicted molar refractivity (Wildman–Crippen MR) is 92.7 cm³/mol. The normalized spacial score (nSPS) is 15.5. The third-order valence-electron chi connectivity index (χ3n) is 4.14. The van der Waals surface area contributed by atoms with Crippen LogP contribution in [0.15, 0.2) is 41.7 Å². The number of halogens is 1. The number of hydrogen-bond donors (Lipinski definition) is 3. The fraction of sp³-hybridized carbons (Fsp3) is 0.267. The van der Waals surface area contributed by atoms with Crippen LogP contribution < -0.4 is 10.0 Å². The van der Waals surface area contributed by atoms with E-state index in [4.69, 9.17) is 11.6 Å². The molecule has 7 nitrogen and oxygen atoms in total. The van der Waals surface area contributed by atoms with Crippen LogP contribution in [0.4, 0.5) is 5.69 Å². The standard InChI is InChI=1S/C15H16ClN5O2S/c16-13-7-18-15-12(13)2-1-3-14(15)20-24(22,23)11-6-19-21(9-11)8-10-4-17-5-10/h1-3,6-7,9-10,17-18,20H,4-5,8H2. The van der Waals surface area contributed by atoms with Crippen LogP contribution in [0.3, 0.4) is 0 Å². The molecule has 0 bridgehead atoms. The average molecular weight is 366 g/mol. The summed E-state index contributed by atoms with van der Waals surface area (Å²) in [6.45, 7) is 2.59. The van der Waals surface area contributed by atoms with Crippen LogP contribution in [0, 0.1) is 5.92 Å². The molecule has 9 heteroatoms. The molecule has 0 radical (unpaired) electrons. The molecule has 1 fully saturated rings. The van der Waals surface area contributed by atoms with Gasteiger partial charge in [0.15, 0.2) is 0 Å². The molecular weight excluding hydrogens is 350 g/mol. The Kier molecular flexibility index (Phi) is 3.75. The zero-order chi connectivity index (χ0) is 16.7. The highest BCUT2D eigenvalue weighted by molar-refractivity contribution is 7.92.